The van der Waals surface area contributed by atoms with Crippen LogP contribution in [-0.4, -0.2) is 35.0 Å². The van der Waals surface area contributed by atoms with Crippen LogP contribution in [0.3, 0.4) is 0 Å². The summed E-state index contributed by atoms with van der Waals surface area (Å²) >= 11 is 0. The van der Waals surface area contributed by atoms with Crippen LogP contribution >= 0.6 is 0 Å². The van der Waals surface area contributed by atoms with E-state index in [1.807, 2.05) is 79.4 Å². The van der Waals surface area contributed by atoms with Gasteiger partial charge in [0.05, 0.1) is 50.9 Å². The largest absolute Gasteiger partial charge is 0.376 e. The Balaban J connectivity index is 0.000000123. The monoisotopic (exact) mass is 1070 g/mol. The molecule has 12 aromatic rings. The molecule has 0 unspecified atom stereocenters. The number of benzene rings is 6. The number of anilines is 6. The molecule has 0 spiro atoms. The Morgan fingerprint density at radius 3 is 1.08 bits per heavy atom. The minimum Gasteiger partial charge on any atom is -0.376 e. The summed E-state index contributed by atoms with van der Waals surface area (Å²) in [5, 5.41) is 11.3. The Bertz CT molecular complexity index is 4240. The van der Waals surface area contributed by atoms with Crippen molar-refractivity contribution in [2.75, 3.05) is 9.80 Å². The van der Waals surface area contributed by atoms with Crippen molar-refractivity contribution in [2.45, 2.75) is 49.5 Å². The Morgan fingerprint density at radius 2 is 0.651 bits per heavy atom. The van der Waals surface area contributed by atoms with Crippen molar-refractivity contribution in [3.8, 4) is 22.8 Å². The van der Waals surface area contributed by atoms with Crippen LogP contribution in [0.15, 0.2) is 274 Å². The maximum absolute atomic E-state index is 11.3. The van der Waals surface area contributed by atoms with Gasteiger partial charge in [0.2, 0.25) is 0 Å². The molecule has 83 heavy (non-hydrogen) atoms. The van der Waals surface area contributed by atoms with Gasteiger partial charge in [-0.1, -0.05) is 167 Å². The molecule has 2 aliphatic heterocycles. The van der Waals surface area contributed by atoms with E-state index in [1.54, 1.807) is 24.8 Å². The van der Waals surface area contributed by atoms with Crippen molar-refractivity contribution in [3.05, 3.63) is 335 Å². The van der Waals surface area contributed by atoms with Crippen LogP contribution in [0.5, 0.6) is 0 Å². The molecule has 8 heterocycles. The molecule has 6 aromatic carbocycles. The minimum atomic E-state index is -1.23. The average molecular weight is 1080 g/mol. The van der Waals surface area contributed by atoms with E-state index in [0.29, 0.717) is 0 Å². The fourth-order valence-electron chi connectivity index (χ4n) is 13.4. The second-order valence-corrected chi connectivity index (χ2v) is 22.4. The first kappa shape index (κ1) is 51.0. The lowest BCUT2D eigenvalue weighted by Gasteiger charge is -2.43. The highest BCUT2D eigenvalue weighted by atomic mass is 16.3. The molecule has 0 saturated heterocycles. The quantitative estimate of drug-likeness (QED) is 0.180. The smallest absolute Gasteiger partial charge is 0.146 e. The summed E-state index contributed by atoms with van der Waals surface area (Å²) in [4.78, 5) is 31.9. The van der Waals surface area contributed by atoms with Gasteiger partial charge in [-0.2, -0.15) is 0 Å². The van der Waals surface area contributed by atoms with Crippen LogP contribution in [0.1, 0.15) is 88.9 Å². The van der Waals surface area contributed by atoms with E-state index in [-0.39, 0.29) is 10.8 Å². The van der Waals surface area contributed by atoms with E-state index in [0.717, 1.165) is 61.8 Å². The number of fused-ring (bicyclic) bond motifs is 10. The van der Waals surface area contributed by atoms with Gasteiger partial charge in [0.15, 0.2) is 0 Å². The van der Waals surface area contributed by atoms with Crippen LogP contribution in [0.2, 0.25) is 0 Å². The second-order valence-electron chi connectivity index (χ2n) is 22.4. The van der Waals surface area contributed by atoms with Crippen LogP contribution in [0, 0.1) is 0 Å². The molecule has 0 bridgehead atoms. The molecule has 1 N–H and O–H groups in total. The summed E-state index contributed by atoms with van der Waals surface area (Å²) in [6.45, 7) is 9.31. The van der Waals surface area contributed by atoms with Crippen molar-refractivity contribution >= 4 is 34.1 Å². The third-order valence-electron chi connectivity index (χ3n) is 17.3. The van der Waals surface area contributed by atoms with E-state index in [1.165, 1.54) is 56.3 Å². The molecule has 400 valence electrons. The highest BCUT2D eigenvalue weighted by molar-refractivity contribution is 5.89. The van der Waals surface area contributed by atoms with Crippen LogP contribution < -0.4 is 9.80 Å². The molecular weight excluding hydrogens is 1020 g/mol. The highest BCUT2D eigenvalue weighted by Gasteiger charge is 2.50. The topological polar surface area (TPSA) is 104 Å². The molecule has 9 heteroatoms. The van der Waals surface area contributed by atoms with E-state index in [9.17, 15) is 5.11 Å². The first-order valence-corrected chi connectivity index (χ1v) is 28.1. The van der Waals surface area contributed by atoms with E-state index < -0.39 is 11.0 Å². The van der Waals surface area contributed by atoms with Gasteiger partial charge >= 0.3 is 0 Å². The first-order valence-electron chi connectivity index (χ1n) is 28.1. The second kappa shape index (κ2) is 20.1. The molecule has 0 fully saturated rings. The maximum Gasteiger partial charge on any atom is 0.146 e. The summed E-state index contributed by atoms with van der Waals surface area (Å²) in [5.74, 6) is 0. The number of pyridine rings is 6. The minimum absolute atomic E-state index is 0.0124. The predicted octanol–water partition coefficient (Wildman–Crippen LogP) is 16.3. The van der Waals surface area contributed by atoms with Crippen LogP contribution in [0.4, 0.5) is 34.1 Å². The SMILES string of the molecule is CC1(C)c2ccccc2N(c2ccccc2)c2ccc(C3(c4cccnc4)c4cccnc4-c4ncccc43)cc21.CC1(C)c2ccccc2N(c2ccccc2)c2ccccc21.OC1(c2cccnc2)c2cccnc2-c2ncccc21. The Labute approximate surface area is 484 Å². The predicted molar refractivity (Wildman–Crippen MR) is 331 cm³/mol. The number of para-hydroxylation sites is 5. The lowest BCUT2D eigenvalue weighted by atomic mass is 9.66. The molecule has 0 amide bonds. The van der Waals surface area contributed by atoms with Crippen molar-refractivity contribution in [1.29, 1.82) is 0 Å². The van der Waals surface area contributed by atoms with Gasteiger partial charge in [-0.25, -0.2) is 0 Å². The van der Waals surface area contributed by atoms with E-state index in [4.69, 9.17) is 9.97 Å². The number of nitrogens with zero attached hydrogens (tertiary/aromatic N) is 8. The zero-order valence-corrected chi connectivity index (χ0v) is 46.5. The zero-order valence-electron chi connectivity index (χ0n) is 46.5. The molecule has 0 radical (unpaired) electrons. The normalized spacial score (nSPS) is 15.1. The summed E-state index contributed by atoms with van der Waals surface area (Å²) in [6, 6.07) is 78.3. The van der Waals surface area contributed by atoms with Gasteiger partial charge in [-0.15, -0.1) is 0 Å². The number of hydrogen-bond acceptors (Lipinski definition) is 9. The summed E-state index contributed by atoms with van der Waals surface area (Å²) in [6.07, 6.45) is 14.4. The summed E-state index contributed by atoms with van der Waals surface area (Å²) < 4.78 is 0. The van der Waals surface area contributed by atoms with Crippen molar-refractivity contribution < 1.29 is 5.11 Å². The third kappa shape index (κ3) is 7.94. The standard InChI is InChI=1S/C37H28N4.C21H19N.C16H11N3O/c1-36(2)28-14-6-7-17-32(28)41(27-12-4-3-5-13-27)33-19-18-25(23-31(33)36)37(26-11-8-20-38-24-26)29-15-9-21-39-34(29)35-30(37)16-10-22-40-35;1-21(2)17-12-6-8-14-19(17)22(16-10-4-3-5-11-16)20-15-9-7-13-18(20)21;20-16(11-4-1-7-17-10-11)12-5-2-8-18-14(12)15-13(16)6-3-9-19-15/h3-24H,1-2H3;3-15H,1-2H3;1-10,20H. The fraction of sp³-hybridized carbons (Fsp3) is 0.108. The zero-order chi connectivity index (χ0) is 56.3. The van der Waals surface area contributed by atoms with Gasteiger partial charge in [-0.05, 0) is 129 Å². The number of aliphatic hydroxyl groups is 1. The number of rotatable bonds is 5. The van der Waals surface area contributed by atoms with Crippen molar-refractivity contribution in [1.82, 2.24) is 29.9 Å². The third-order valence-corrected chi connectivity index (χ3v) is 17.3. The first-order chi connectivity index (χ1) is 40.6. The Morgan fingerprint density at radius 1 is 0.301 bits per heavy atom. The Kier molecular flexibility index (Phi) is 12.3. The fourth-order valence-corrected chi connectivity index (χ4v) is 13.4. The Hall–Kier alpha value is -10.2. The molecule has 0 atom stereocenters. The summed E-state index contributed by atoms with van der Waals surface area (Å²) in [7, 11) is 0. The van der Waals surface area contributed by atoms with Gasteiger partial charge in [0.25, 0.3) is 0 Å². The van der Waals surface area contributed by atoms with Crippen molar-refractivity contribution in [3.63, 3.8) is 0 Å². The molecule has 4 aliphatic rings. The van der Waals surface area contributed by atoms with Gasteiger partial charge in [-0.3, -0.25) is 29.9 Å². The van der Waals surface area contributed by atoms with Gasteiger partial charge in [0.1, 0.15) is 5.60 Å². The molecule has 2 aliphatic carbocycles. The maximum atomic E-state index is 11.3. The lowest BCUT2D eigenvalue weighted by molar-refractivity contribution is 0.130. The molecule has 6 aromatic heterocycles. The molecule has 9 nitrogen and oxygen atoms in total. The van der Waals surface area contributed by atoms with E-state index >= 15 is 0 Å². The van der Waals surface area contributed by atoms with Crippen LogP contribution in [-0.2, 0) is 21.8 Å². The summed E-state index contributed by atoms with van der Waals surface area (Å²) in [5.41, 5.74) is 20.7. The molecule has 0 saturated carbocycles. The van der Waals surface area contributed by atoms with E-state index in [2.05, 4.69) is 227 Å². The van der Waals surface area contributed by atoms with Crippen LogP contribution in [0.25, 0.3) is 22.8 Å². The lowest BCUT2D eigenvalue weighted by Crippen LogP contribution is -2.33. The van der Waals surface area contributed by atoms with Crippen molar-refractivity contribution in [2.24, 2.45) is 0 Å². The number of hydrogen-bond donors (Lipinski definition) is 1. The molecule has 16 rings (SSSR count). The van der Waals surface area contributed by atoms with Gasteiger partial charge in [0, 0.05) is 88.5 Å². The molecular formula is C74H58N8O. The van der Waals surface area contributed by atoms with Gasteiger partial charge < -0.3 is 14.9 Å². The number of aromatic nitrogens is 6. The average Bonchev–Trinajstić information content (AvgIpc) is 1.91. The highest BCUT2D eigenvalue weighted by Crippen LogP contribution is 2.58.